The molecule has 5 nitrogen and oxygen atoms in total. The molecular weight excluding hydrogens is 244 g/mol. The highest BCUT2D eigenvalue weighted by Gasteiger charge is 2.22. The monoisotopic (exact) mass is 262 g/mol. The standard InChI is InChI=1S/C14H18N2O3/c1-2-12(14(15)17)19-13-8-4-5-9-10(13)6-3-7-11(9)16-18/h4-5,8,12,18H,2-3,6-7H2,1H3,(H2,15,17). The van der Waals surface area contributed by atoms with Crippen LogP contribution in [0.15, 0.2) is 23.4 Å². The summed E-state index contributed by atoms with van der Waals surface area (Å²) in [4.78, 5) is 11.3. The normalized spacial score (nSPS) is 17.8. The maximum Gasteiger partial charge on any atom is 0.258 e. The molecule has 0 fully saturated rings. The molecule has 1 aliphatic rings. The maximum absolute atomic E-state index is 11.3. The van der Waals surface area contributed by atoms with Crippen LogP contribution in [0.4, 0.5) is 0 Å². The van der Waals surface area contributed by atoms with Gasteiger partial charge in [0.15, 0.2) is 6.10 Å². The first-order valence-corrected chi connectivity index (χ1v) is 6.46. The lowest BCUT2D eigenvalue weighted by molar-refractivity contribution is -0.124. The molecule has 0 aromatic heterocycles. The van der Waals surface area contributed by atoms with Crippen molar-refractivity contribution in [3.8, 4) is 5.75 Å². The summed E-state index contributed by atoms with van der Waals surface area (Å²) in [5.74, 6) is 0.191. The van der Waals surface area contributed by atoms with Gasteiger partial charge in [-0.15, -0.1) is 0 Å². The van der Waals surface area contributed by atoms with E-state index in [1.807, 2.05) is 25.1 Å². The van der Waals surface area contributed by atoms with Crippen molar-refractivity contribution < 1.29 is 14.7 Å². The van der Waals surface area contributed by atoms with Gasteiger partial charge in [0.1, 0.15) is 5.75 Å². The van der Waals surface area contributed by atoms with Crippen molar-refractivity contribution in [2.24, 2.45) is 10.9 Å². The number of nitrogens with two attached hydrogens (primary N) is 1. The van der Waals surface area contributed by atoms with Crippen LogP contribution in [0.5, 0.6) is 5.75 Å². The fraction of sp³-hybridized carbons (Fsp3) is 0.429. The lowest BCUT2D eigenvalue weighted by Gasteiger charge is -2.22. The predicted molar refractivity (Wildman–Crippen MR) is 71.6 cm³/mol. The van der Waals surface area contributed by atoms with Crippen LogP contribution in [0, 0.1) is 0 Å². The molecule has 102 valence electrons. The summed E-state index contributed by atoms with van der Waals surface area (Å²) in [5, 5.41) is 12.4. The van der Waals surface area contributed by atoms with Gasteiger partial charge in [0.05, 0.1) is 5.71 Å². The topological polar surface area (TPSA) is 84.9 Å². The summed E-state index contributed by atoms with van der Waals surface area (Å²) in [6.45, 7) is 1.85. The fourth-order valence-electron chi connectivity index (χ4n) is 2.37. The molecule has 2 rings (SSSR count). The summed E-state index contributed by atoms with van der Waals surface area (Å²) in [5.41, 5.74) is 7.84. The van der Waals surface area contributed by atoms with Gasteiger partial charge in [-0.1, -0.05) is 24.2 Å². The van der Waals surface area contributed by atoms with E-state index in [2.05, 4.69) is 5.16 Å². The SMILES string of the molecule is CCC(Oc1cccc2c1CCCC2=NO)C(N)=O. The van der Waals surface area contributed by atoms with Crippen LogP contribution in [0.2, 0.25) is 0 Å². The number of oxime groups is 1. The second-order valence-electron chi connectivity index (χ2n) is 4.60. The lowest BCUT2D eigenvalue weighted by Crippen LogP contribution is -2.33. The Labute approximate surface area is 112 Å². The molecule has 5 heteroatoms. The third kappa shape index (κ3) is 2.70. The number of primary amides is 1. The second kappa shape index (κ2) is 5.73. The van der Waals surface area contributed by atoms with Gasteiger partial charge in [0.2, 0.25) is 0 Å². The molecule has 1 aliphatic carbocycles. The van der Waals surface area contributed by atoms with Crippen LogP contribution in [-0.2, 0) is 11.2 Å². The van der Waals surface area contributed by atoms with Gasteiger partial charge in [0.25, 0.3) is 5.91 Å². The first-order chi connectivity index (χ1) is 9.17. The molecule has 1 aromatic rings. The van der Waals surface area contributed by atoms with Crippen LogP contribution >= 0.6 is 0 Å². The van der Waals surface area contributed by atoms with Crippen molar-refractivity contribution in [2.45, 2.75) is 38.7 Å². The van der Waals surface area contributed by atoms with Gasteiger partial charge in [-0.05, 0) is 31.7 Å². The number of rotatable bonds is 4. The van der Waals surface area contributed by atoms with Crippen LogP contribution in [0.25, 0.3) is 0 Å². The highest BCUT2D eigenvalue weighted by molar-refractivity contribution is 6.02. The number of hydrogen-bond acceptors (Lipinski definition) is 4. The number of hydrogen-bond donors (Lipinski definition) is 2. The molecule has 3 N–H and O–H groups in total. The number of nitrogens with zero attached hydrogens (tertiary/aromatic N) is 1. The van der Waals surface area contributed by atoms with Crippen LogP contribution in [0.1, 0.15) is 37.3 Å². The largest absolute Gasteiger partial charge is 0.480 e. The molecule has 1 aromatic carbocycles. The van der Waals surface area contributed by atoms with Gasteiger partial charge < -0.3 is 15.7 Å². The molecule has 1 atom stereocenters. The van der Waals surface area contributed by atoms with Crippen LogP contribution < -0.4 is 10.5 Å². The number of ether oxygens (including phenoxy) is 1. The summed E-state index contributed by atoms with van der Waals surface area (Å²) in [7, 11) is 0. The first kappa shape index (κ1) is 13.4. The average Bonchev–Trinajstić information content (AvgIpc) is 2.43. The van der Waals surface area contributed by atoms with Crippen molar-refractivity contribution in [2.75, 3.05) is 0 Å². The highest BCUT2D eigenvalue weighted by Crippen LogP contribution is 2.30. The Kier molecular flexibility index (Phi) is 4.04. The average molecular weight is 262 g/mol. The quantitative estimate of drug-likeness (QED) is 0.641. The third-order valence-corrected chi connectivity index (χ3v) is 3.36. The summed E-state index contributed by atoms with van der Waals surface area (Å²) >= 11 is 0. The van der Waals surface area contributed by atoms with E-state index in [-0.39, 0.29) is 0 Å². The Bertz CT molecular complexity index is 511. The molecule has 0 aliphatic heterocycles. The van der Waals surface area contributed by atoms with Crippen molar-refractivity contribution >= 4 is 11.6 Å². The van der Waals surface area contributed by atoms with Crippen molar-refractivity contribution in [1.29, 1.82) is 0 Å². The minimum atomic E-state index is -0.622. The van der Waals surface area contributed by atoms with E-state index in [9.17, 15) is 4.79 Å². The number of carbonyl (C=O) groups excluding carboxylic acids is 1. The van der Waals surface area contributed by atoms with Gasteiger partial charge in [-0.2, -0.15) is 0 Å². The summed E-state index contributed by atoms with van der Waals surface area (Å²) in [6.07, 6.45) is 2.41. The maximum atomic E-state index is 11.3. The van der Waals surface area contributed by atoms with Gasteiger partial charge in [0, 0.05) is 11.1 Å². The second-order valence-corrected chi connectivity index (χ2v) is 4.60. The Morgan fingerprint density at radius 3 is 2.95 bits per heavy atom. The van der Waals surface area contributed by atoms with E-state index in [0.29, 0.717) is 17.9 Å². The van der Waals surface area contributed by atoms with Gasteiger partial charge in [-0.3, -0.25) is 4.79 Å². The van der Waals surface area contributed by atoms with E-state index in [1.54, 1.807) is 0 Å². The first-order valence-electron chi connectivity index (χ1n) is 6.46. The minimum Gasteiger partial charge on any atom is -0.480 e. The fourth-order valence-corrected chi connectivity index (χ4v) is 2.37. The molecule has 1 unspecified atom stereocenters. The Morgan fingerprint density at radius 1 is 1.53 bits per heavy atom. The number of fused-ring (bicyclic) bond motifs is 1. The highest BCUT2D eigenvalue weighted by atomic mass is 16.5. The zero-order valence-electron chi connectivity index (χ0n) is 10.9. The molecule has 0 radical (unpaired) electrons. The minimum absolute atomic E-state index is 0.466. The van der Waals surface area contributed by atoms with E-state index in [1.165, 1.54) is 0 Å². The third-order valence-electron chi connectivity index (χ3n) is 3.36. The molecule has 19 heavy (non-hydrogen) atoms. The van der Waals surface area contributed by atoms with E-state index < -0.39 is 12.0 Å². The Hall–Kier alpha value is -2.04. The van der Waals surface area contributed by atoms with Gasteiger partial charge >= 0.3 is 0 Å². The molecule has 0 heterocycles. The number of benzene rings is 1. The van der Waals surface area contributed by atoms with Crippen LogP contribution in [-0.4, -0.2) is 22.9 Å². The van der Waals surface area contributed by atoms with Crippen molar-refractivity contribution in [1.82, 2.24) is 0 Å². The van der Waals surface area contributed by atoms with Crippen LogP contribution in [0.3, 0.4) is 0 Å². The molecular formula is C14H18N2O3. The molecule has 0 saturated heterocycles. The number of carbonyl (C=O) groups is 1. The molecule has 0 bridgehead atoms. The molecule has 0 saturated carbocycles. The van der Waals surface area contributed by atoms with E-state index in [0.717, 1.165) is 30.4 Å². The Morgan fingerprint density at radius 2 is 2.32 bits per heavy atom. The van der Waals surface area contributed by atoms with Gasteiger partial charge in [-0.25, -0.2) is 0 Å². The molecule has 1 amide bonds. The van der Waals surface area contributed by atoms with Crippen molar-refractivity contribution in [3.63, 3.8) is 0 Å². The van der Waals surface area contributed by atoms with E-state index >= 15 is 0 Å². The van der Waals surface area contributed by atoms with Crippen molar-refractivity contribution in [3.05, 3.63) is 29.3 Å². The number of amides is 1. The molecule has 0 spiro atoms. The zero-order valence-corrected chi connectivity index (χ0v) is 10.9. The predicted octanol–water partition coefficient (Wildman–Crippen LogP) is 1.84. The smallest absolute Gasteiger partial charge is 0.258 e. The Balaban J connectivity index is 2.35. The summed E-state index contributed by atoms with van der Waals surface area (Å²) in [6, 6.07) is 5.56. The van der Waals surface area contributed by atoms with E-state index in [4.69, 9.17) is 15.7 Å². The lowest BCUT2D eigenvalue weighted by atomic mass is 9.89. The summed E-state index contributed by atoms with van der Waals surface area (Å²) < 4.78 is 5.71. The zero-order chi connectivity index (χ0) is 13.8.